The molecule has 1 rings (SSSR count). The van der Waals surface area contributed by atoms with E-state index in [0.717, 1.165) is 0 Å². The minimum Gasteiger partial charge on any atom is -0.389 e. The fraction of sp³-hybridized carbons (Fsp3) is 0.125. The lowest BCUT2D eigenvalue weighted by Gasteiger charge is -2.07. The van der Waals surface area contributed by atoms with Crippen molar-refractivity contribution in [2.45, 2.75) is 5.76 Å². The predicted molar refractivity (Wildman–Crippen MR) is 60.9 cm³/mol. The van der Waals surface area contributed by atoms with E-state index >= 15 is 0 Å². The van der Waals surface area contributed by atoms with Gasteiger partial charge in [0, 0.05) is 11.3 Å². The molecule has 1 aromatic carbocycles. The summed E-state index contributed by atoms with van der Waals surface area (Å²) < 4.78 is 47.5. The van der Waals surface area contributed by atoms with Crippen LogP contribution >= 0.6 is 12.2 Å². The average molecular weight is 266 g/mol. The number of hydrogen-bond acceptors (Lipinski definition) is 3. The summed E-state index contributed by atoms with van der Waals surface area (Å²) in [5, 5.41) is 0. The van der Waals surface area contributed by atoms with Crippen molar-refractivity contribution in [3.05, 3.63) is 29.8 Å². The molecular formula is C8H8F2N2O2S2. The van der Waals surface area contributed by atoms with Crippen molar-refractivity contribution < 1.29 is 17.2 Å². The predicted octanol–water partition coefficient (Wildman–Crippen LogP) is 1.29. The highest BCUT2D eigenvalue weighted by Crippen LogP contribution is 2.15. The Morgan fingerprint density at radius 3 is 2.56 bits per heavy atom. The minimum atomic E-state index is -4.66. The zero-order chi connectivity index (χ0) is 12.3. The van der Waals surface area contributed by atoms with E-state index in [9.17, 15) is 17.2 Å². The summed E-state index contributed by atoms with van der Waals surface area (Å²) in [6.45, 7) is 0. The molecule has 0 aromatic heterocycles. The van der Waals surface area contributed by atoms with Crippen LogP contribution in [0, 0.1) is 0 Å². The van der Waals surface area contributed by atoms with E-state index in [0.29, 0.717) is 5.56 Å². The maximum atomic E-state index is 12.1. The van der Waals surface area contributed by atoms with Crippen molar-refractivity contribution in [3.8, 4) is 0 Å². The first-order valence-corrected chi connectivity index (χ1v) is 5.98. The van der Waals surface area contributed by atoms with Gasteiger partial charge in [-0.25, -0.2) is 8.42 Å². The Balaban J connectivity index is 2.99. The summed E-state index contributed by atoms with van der Waals surface area (Å²) >= 11 is 4.67. The van der Waals surface area contributed by atoms with Crippen molar-refractivity contribution in [2.24, 2.45) is 5.73 Å². The number of benzene rings is 1. The summed E-state index contributed by atoms with van der Waals surface area (Å²) in [4.78, 5) is 0.0538. The molecule has 0 unspecified atom stereocenters. The fourth-order valence-corrected chi connectivity index (χ4v) is 1.62. The average Bonchev–Trinajstić information content (AvgIpc) is 2.17. The zero-order valence-corrected chi connectivity index (χ0v) is 9.49. The summed E-state index contributed by atoms with van der Waals surface area (Å²) in [6.07, 6.45) is 0. The smallest absolute Gasteiger partial charge is 0.355 e. The lowest BCUT2D eigenvalue weighted by Crippen LogP contribution is -2.20. The number of hydrogen-bond donors (Lipinski definition) is 2. The Hall–Kier alpha value is -1.28. The van der Waals surface area contributed by atoms with Gasteiger partial charge in [0.05, 0.1) is 0 Å². The quantitative estimate of drug-likeness (QED) is 0.805. The number of alkyl halides is 2. The van der Waals surface area contributed by atoms with Crippen LogP contribution in [0.3, 0.4) is 0 Å². The monoisotopic (exact) mass is 266 g/mol. The number of nitrogens with one attached hydrogen (secondary N) is 1. The van der Waals surface area contributed by atoms with Crippen LogP contribution in [0.25, 0.3) is 0 Å². The van der Waals surface area contributed by atoms with Crippen LogP contribution in [0.15, 0.2) is 24.3 Å². The molecule has 0 heterocycles. The molecule has 0 radical (unpaired) electrons. The maximum Gasteiger partial charge on any atom is 0.355 e. The Kier molecular flexibility index (Phi) is 3.76. The number of sulfonamides is 1. The molecule has 0 spiro atoms. The molecule has 0 atom stereocenters. The van der Waals surface area contributed by atoms with E-state index < -0.39 is 15.8 Å². The third-order valence-electron chi connectivity index (χ3n) is 1.64. The van der Waals surface area contributed by atoms with Crippen LogP contribution in [0.4, 0.5) is 14.5 Å². The van der Waals surface area contributed by atoms with Gasteiger partial charge < -0.3 is 5.73 Å². The third kappa shape index (κ3) is 3.11. The first-order chi connectivity index (χ1) is 7.33. The summed E-state index contributed by atoms with van der Waals surface area (Å²) in [5.41, 5.74) is 5.70. The number of halogens is 2. The van der Waals surface area contributed by atoms with E-state index in [1.807, 2.05) is 0 Å². The number of thiocarbonyl (C=S) groups is 1. The van der Waals surface area contributed by atoms with E-state index in [1.165, 1.54) is 18.2 Å². The standard InChI is InChI=1S/C8H8F2N2O2S2/c9-8(10)16(13,14)12-6-3-1-2-5(4-6)7(11)15/h1-4,8,12H,(H2,11,15). The number of nitrogens with two attached hydrogens (primary N) is 1. The van der Waals surface area contributed by atoms with Crippen molar-refractivity contribution in [2.75, 3.05) is 4.72 Å². The fourth-order valence-electron chi connectivity index (χ4n) is 0.945. The lowest BCUT2D eigenvalue weighted by atomic mass is 10.2. The maximum absolute atomic E-state index is 12.1. The Bertz CT molecular complexity index is 503. The van der Waals surface area contributed by atoms with Gasteiger partial charge in [-0.2, -0.15) is 8.78 Å². The van der Waals surface area contributed by atoms with Gasteiger partial charge in [0.15, 0.2) is 0 Å². The van der Waals surface area contributed by atoms with E-state index in [1.54, 1.807) is 10.8 Å². The normalized spacial score (nSPS) is 11.4. The van der Waals surface area contributed by atoms with Gasteiger partial charge in [-0.05, 0) is 12.1 Å². The molecule has 16 heavy (non-hydrogen) atoms. The molecule has 4 nitrogen and oxygen atoms in total. The molecule has 0 saturated heterocycles. The van der Waals surface area contributed by atoms with Gasteiger partial charge >= 0.3 is 5.76 Å². The van der Waals surface area contributed by atoms with Crippen LogP contribution < -0.4 is 10.5 Å². The highest BCUT2D eigenvalue weighted by molar-refractivity contribution is 7.93. The Labute approximate surface area is 96.5 Å². The molecule has 0 aliphatic carbocycles. The topological polar surface area (TPSA) is 72.2 Å². The van der Waals surface area contributed by atoms with Gasteiger partial charge in [0.1, 0.15) is 4.99 Å². The SMILES string of the molecule is NC(=S)c1cccc(NS(=O)(=O)C(F)F)c1. The van der Waals surface area contributed by atoms with Crippen LogP contribution in [0.2, 0.25) is 0 Å². The largest absolute Gasteiger partial charge is 0.389 e. The van der Waals surface area contributed by atoms with Gasteiger partial charge in [-0.1, -0.05) is 24.4 Å². The molecule has 88 valence electrons. The van der Waals surface area contributed by atoms with Crippen LogP contribution in [-0.4, -0.2) is 19.2 Å². The second-order valence-electron chi connectivity index (χ2n) is 2.85. The van der Waals surface area contributed by atoms with Crippen molar-refractivity contribution in [3.63, 3.8) is 0 Å². The van der Waals surface area contributed by atoms with E-state index in [4.69, 9.17) is 5.73 Å². The van der Waals surface area contributed by atoms with Crippen molar-refractivity contribution >= 4 is 32.9 Å². The highest BCUT2D eigenvalue weighted by Gasteiger charge is 2.23. The molecule has 3 N–H and O–H groups in total. The van der Waals surface area contributed by atoms with Crippen LogP contribution in [0.1, 0.15) is 5.56 Å². The van der Waals surface area contributed by atoms with Crippen LogP contribution in [0.5, 0.6) is 0 Å². The van der Waals surface area contributed by atoms with Crippen molar-refractivity contribution in [1.29, 1.82) is 0 Å². The lowest BCUT2D eigenvalue weighted by molar-refractivity contribution is 0.236. The third-order valence-corrected chi connectivity index (χ3v) is 2.87. The second kappa shape index (κ2) is 4.71. The second-order valence-corrected chi connectivity index (χ2v) is 4.94. The molecule has 8 heteroatoms. The number of anilines is 1. The molecule has 0 saturated carbocycles. The highest BCUT2D eigenvalue weighted by atomic mass is 32.2. The first kappa shape index (κ1) is 12.8. The molecule has 0 bridgehead atoms. The van der Waals surface area contributed by atoms with Gasteiger partial charge in [0.2, 0.25) is 0 Å². The van der Waals surface area contributed by atoms with Gasteiger partial charge in [-0.15, -0.1) is 0 Å². The number of rotatable bonds is 4. The van der Waals surface area contributed by atoms with Gasteiger partial charge in [-0.3, -0.25) is 4.72 Å². The molecule has 0 aliphatic rings. The van der Waals surface area contributed by atoms with Gasteiger partial charge in [0.25, 0.3) is 10.0 Å². The summed E-state index contributed by atoms with van der Waals surface area (Å²) in [5.74, 6) is -3.49. The summed E-state index contributed by atoms with van der Waals surface area (Å²) in [6, 6.07) is 5.60. The molecule has 0 aliphatic heterocycles. The van der Waals surface area contributed by atoms with E-state index in [-0.39, 0.29) is 10.7 Å². The summed E-state index contributed by atoms with van der Waals surface area (Å²) in [7, 11) is -4.66. The minimum absolute atomic E-state index is 0.00870. The van der Waals surface area contributed by atoms with Crippen LogP contribution in [-0.2, 0) is 10.0 Å². The molecular weight excluding hydrogens is 258 g/mol. The molecule has 0 amide bonds. The molecule has 1 aromatic rings. The molecule has 0 fully saturated rings. The first-order valence-electron chi connectivity index (χ1n) is 4.02. The zero-order valence-electron chi connectivity index (χ0n) is 7.85. The van der Waals surface area contributed by atoms with Crippen molar-refractivity contribution in [1.82, 2.24) is 0 Å². The van der Waals surface area contributed by atoms with E-state index in [2.05, 4.69) is 12.2 Å². The Morgan fingerprint density at radius 2 is 2.06 bits per heavy atom. The Morgan fingerprint density at radius 1 is 1.44 bits per heavy atom.